The second kappa shape index (κ2) is 11.2. The van der Waals surface area contributed by atoms with Gasteiger partial charge in [0.05, 0.1) is 17.5 Å². The van der Waals surface area contributed by atoms with Crippen LogP contribution in [-0.2, 0) is 16.3 Å². The van der Waals surface area contributed by atoms with Crippen molar-refractivity contribution in [3.05, 3.63) is 35.4 Å². The minimum absolute atomic E-state index is 0. The lowest BCUT2D eigenvalue weighted by molar-refractivity contribution is 0.587. The summed E-state index contributed by atoms with van der Waals surface area (Å²) in [7, 11) is -2.84. The molecule has 0 spiro atoms. The van der Waals surface area contributed by atoms with Crippen molar-refractivity contribution in [3.63, 3.8) is 0 Å². The van der Waals surface area contributed by atoms with Gasteiger partial charge in [0.1, 0.15) is 0 Å². The summed E-state index contributed by atoms with van der Waals surface area (Å²) in [6, 6.07) is 8.86. The summed E-state index contributed by atoms with van der Waals surface area (Å²) in [4.78, 5) is 4.61. The van der Waals surface area contributed by atoms with Gasteiger partial charge in [0.2, 0.25) is 0 Å². The molecule has 2 unspecified atom stereocenters. The molecule has 1 aromatic carbocycles. The third-order valence-corrected chi connectivity index (χ3v) is 6.49. The van der Waals surface area contributed by atoms with Crippen LogP contribution in [0.4, 0.5) is 0 Å². The van der Waals surface area contributed by atoms with E-state index in [9.17, 15) is 8.42 Å². The number of aliphatic imine (C=N–C) groups is 1. The van der Waals surface area contributed by atoms with Crippen LogP contribution in [0.3, 0.4) is 0 Å². The first-order valence-corrected chi connectivity index (χ1v) is 11.4. The van der Waals surface area contributed by atoms with Crippen LogP contribution in [0.1, 0.15) is 51.3 Å². The molecule has 0 bridgehead atoms. The van der Waals surface area contributed by atoms with Crippen molar-refractivity contribution >= 4 is 39.8 Å². The second-order valence-electron chi connectivity index (χ2n) is 7.69. The molecule has 7 heteroatoms. The van der Waals surface area contributed by atoms with Crippen molar-refractivity contribution < 1.29 is 8.42 Å². The summed E-state index contributed by atoms with van der Waals surface area (Å²) in [5, 5.41) is 6.68. The highest BCUT2D eigenvalue weighted by Crippen LogP contribution is 2.19. The molecular weight excluding hydrogens is 473 g/mol. The Labute approximate surface area is 181 Å². The lowest BCUT2D eigenvalue weighted by atomic mass is 10.00. The molecule has 5 nitrogen and oxygen atoms in total. The maximum atomic E-state index is 11.6. The second-order valence-corrected chi connectivity index (χ2v) is 9.92. The summed E-state index contributed by atoms with van der Waals surface area (Å²) < 4.78 is 23.2. The lowest BCUT2D eigenvalue weighted by Gasteiger charge is -2.19. The fourth-order valence-electron chi connectivity index (χ4n) is 3.26. The van der Waals surface area contributed by atoms with Crippen LogP contribution >= 0.6 is 24.0 Å². The van der Waals surface area contributed by atoms with E-state index in [0.29, 0.717) is 18.2 Å². The maximum absolute atomic E-state index is 11.6. The topological polar surface area (TPSA) is 70.6 Å². The number of nitrogens with one attached hydrogen (secondary N) is 2. The first-order valence-electron chi connectivity index (χ1n) is 9.63. The van der Waals surface area contributed by atoms with E-state index in [1.807, 2.05) is 6.92 Å². The predicted octanol–water partition coefficient (Wildman–Crippen LogP) is 3.55. The van der Waals surface area contributed by atoms with Gasteiger partial charge in [-0.15, -0.1) is 24.0 Å². The van der Waals surface area contributed by atoms with Gasteiger partial charge < -0.3 is 10.6 Å². The van der Waals surface area contributed by atoms with Gasteiger partial charge in [0, 0.05) is 13.1 Å². The Morgan fingerprint density at radius 3 is 2.41 bits per heavy atom. The Kier molecular flexibility index (Phi) is 10.1. The van der Waals surface area contributed by atoms with Crippen molar-refractivity contribution in [3.8, 4) is 0 Å². The summed E-state index contributed by atoms with van der Waals surface area (Å²) in [5.41, 5.74) is 2.57. The largest absolute Gasteiger partial charge is 0.357 e. The number of rotatable bonds is 7. The first kappa shape index (κ1) is 24.2. The zero-order chi connectivity index (χ0) is 19.2. The van der Waals surface area contributed by atoms with Crippen molar-refractivity contribution in [1.29, 1.82) is 0 Å². The average molecular weight is 507 g/mol. The highest BCUT2D eigenvalue weighted by molar-refractivity contribution is 14.0. The molecule has 27 heavy (non-hydrogen) atoms. The molecule has 2 N–H and O–H groups in total. The Hall–Kier alpha value is -0.830. The van der Waals surface area contributed by atoms with E-state index in [-0.39, 0.29) is 41.7 Å². The fraction of sp³-hybridized carbons (Fsp3) is 0.650. The summed E-state index contributed by atoms with van der Waals surface area (Å²) in [5.74, 6) is 2.11. The van der Waals surface area contributed by atoms with Gasteiger partial charge in [-0.05, 0) is 49.7 Å². The zero-order valence-corrected chi connectivity index (χ0v) is 20.0. The highest BCUT2D eigenvalue weighted by atomic mass is 127. The van der Waals surface area contributed by atoms with E-state index >= 15 is 0 Å². The van der Waals surface area contributed by atoms with E-state index < -0.39 is 9.84 Å². The van der Waals surface area contributed by atoms with E-state index in [0.717, 1.165) is 25.3 Å². The Morgan fingerprint density at radius 2 is 1.89 bits per heavy atom. The number of guanidine groups is 1. The standard InChI is InChI=1S/C20H33N3O2S.HI/c1-5-21-20(22-13-18-10-11-26(24,25)14-18)23-16(4)19-8-6-17(7-9-19)12-15(2)3;/h6-9,15-16,18H,5,10-14H2,1-4H3,(H2,21,22,23);1H. The fourth-order valence-corrected chi connectivity index (χ4v) is 5.11. The van der Waals surface area contributed by atoms with Crippen molar-refractivity contribution in [2.24, 2.45) is 16.8 Å². The van der Waals surface area contributed by atoms with Crippen LogP contribution in [0, 0.1) is 11.8 Å². The molecule has 2 rings (SSSR count). The lowest BCUT2D eigenvalue weighted by Crippen LogP contribution is -2.39. The third kappa shape index (κ3) is 8.37. The molecule has 0 aromatic heterocycles. The average Bonchev–Trinajstić information content (AvgIpc) is 2.92. The number of hydrogen-bond acceptors (Lipinski definition) is 3. The van der Waals surface area contributed by atoms with Gasteiger partial charge in [-0.3, -0.25) is 4.99 Å². The molecule has 1 saturated heterocycles. The van der Waals surface area contributed by atoms with Gasteiger partial charge in [0.25, 0.3) is 0 Å². The molecule has 1 heterocycles. The zero-order valence-electron chi connectivity index (χ0n) is 16.9. The third-order valence-electron chi connectivity index (χ3n) is 4.66. The van der Waals surface area contributed by atoms with Crippen LogP contribution < -0.4 is 10.6 Å². The van der Waals surface area contributed by atoms with Gasteiger partial charge in [-0.2, -0.15) is 0 Å². The maximum Gasteiger partial charge on any atom is 0.191 e. The van der Waals surface area contributed by atoms with E-state index in [1.165, 1.54) is 11.1 Å². The normalized spacial score (nSPS) is 20.2. The predicted molar refractivity (Wildman–Crippen MR) is 125 cm³/mol. The smallest absolute Gasteiger partial charge is 0.191 e. The van der Waals surface area contributed by atoms with Crippen molar-refractivity contribution in [1.82, 2.24) is 10.6 Å². The molecule has 0 radical (unpaired) electrons. The highest BCUT2D eigenvalue weighted by Gasteiger charge is 2.27. The minimum atomic E-state index is -2.84. The number of halogens is 1. The number of hydrogen-bond donors (Lipinski definition) is 2. The monoisotopic (exact) mass is 507 g/mol. The number of sulfone groups is 1. The van der Waals surface area contributed by atoms with Crippen molar-refractivity contribution in [2.45, 2.75) is 46.6 Å². The number of benzene rings is 1. The summed E-state index contributed by atoms with van der Waals surface area (Å²) >= 11 is 0. The SMILES string of the molecule is CCNC(=NCC1CCS(=O)(=O)C1)NC(C)c1ccc(CC(C)C)cc1.I. The first-order chi connectivity index (χ1) is 12.3. The van der Waals surface area contributed by atoms with E-state index in [4.69, 9.17) is 0 Å². The van der Waals surface area contributed by atoms with E-state index in [1.54, 1.807) is 0 Å². The van der Waals surface area contributed by atoms with Gasteiger partial charge in [-0.1, -0.05) is 38.1 Å². The molecule has 1 fully saturated rings. The van der Waals surface area contributed by atoms with E-state index in [2.05, 4.69) is 60.7 Å². The van der Waals surface area contributed by atoms with Gasteiger partial charge in [-0.25, -0.2) is 8.42 Å². The van der Waals surface area contributed by atoms with Crippen LogP contribution in [0.5, 0.6) is 0 Å². The van der Waals surface area contributed by atoms with Gasteiger partial charge in [0.15, 0.2) is 15.8 Å². The Morgan fingerprint density at radius 1 is 1.22 bits per heavy atom. The molecular formula is C20H34IN3O2S. The summed E-state index contributed by atoms with van der Waals surface area (Å²) in [6.07, 6.45) is 1.81. The van der Waals surface area contributed by atoms with Crippen LogP contribution in [0.25, 0.3) is 0 Å². The molecule has 2 atom stereocenters. The van der Waals surface area contributed by atoms with Crippen LogP contribution in [-0.4, -0.2) is 39.0 Å². The molecule has 154 valence electrons. The van der Waals surface area contributed by atoms with Crippen LogP contribution in [0.15, 0.2) is 29.3 Å². The summed E-state index contributed by atoms with van der Waals surface area (Å²) in [6.45, 7) is 9.93. The van der Waals surface area contributed by atoms with Gasteiger partial charge >= 0.3 is 0 Å². The Bertz CT molecular complexity index is 702. The Balaban J connectivity index is 0.00000364. The molecule has 0 saturated carbocycles. The quantitative estimate of drug-likeness (QED) is 0.337. The van der Waals surface area contributed by atoms with Crippen molar-refractivity contribution in [2.75, 3.05) is 24.6 Å². The molecule has 0 aliphatic carbocycles. The minimum Gasteiger partial charge on any atom is -0.357 e. The molecule has 1 aliphatic heterocycles. The van der Waals surface area contributed by atoms with Crippen LogP contribution in [0.2, 0.25) is 0 Å². The molecule has 1 aliphatic rings. The molecule has 0 amide bonds. The number of nitrogens with zero attached hydrogens (tertiary/aromatic N) is 1. The molecule has 1 aromatic rings.